The fraction of sp³-hybridized carbons (Fsp3) is 0.200. The molecule has 1 N–H and O–H groups in total. The van der Waals surface area contributed by atoms with E-state index in [4.69, 9.17) is 28.6 Å². The number of rotatable bonds is 4. The summed E-state index contributed by atoms with van der Waals surface area (Å²) in [6, 6.07) is 15.0. The smallest absolute Gasteiger partial charge is 0.337 e. The van der Waals surface area contributed by atoms with Crippen LogP contribution in [0.15, 0.2) is 64.3 Å². The molecule has 1 unspecified atom stereocenters. The van der Waals surface area contributed by atoms with Crippen LogP contribution in [0.4, 0.5) is 0 Å². The Labute approximate surface area is 177 Å². The van der Waals surface area contributed by atoms with Crippen LogP contribution in [0.5, 0.6) is 0 Å². The van der Waals surface area contributed by atoms with Crippen LogP contribution in [-0.2, 0) is 16.1 Å². The first-order valence-electron chi connectivity index (χ1n) is 8.27. The third-order valence-electron chi connectivity index (χ3n) is 4.44. The van der Waals surface area contributed by atoms with Gasteiger partial charge in [0.15, 0.2) is 5.11 Å². The molecule has 2 aromatic rings. The van der Waals surface area contributed by atoms with Crippen molar-refractivity contribution in [2.24, 2.45) is 0 Å². The number of halogens is 2. The summed E-state index contributed by atoms with van der Waals surface area (Å²) in [5.74, 6) is -0.381. The fourth-order valence-corrected chi connectivity index (χ4v) is 3.92. The number of carbonyl (C=O) groups is 1. The van der Waals surface area contributed by atoms with Gasteiger partial charge in [0.05, 0.1) is 18.7 Å². The number of allylic oxidation sites excluding steroid dienone is 1. The van der Waals surface area contributed by atoms with Crippen LogP contribution < -0.4 is 5.32 Å². The number of carbonyl (C=O) groups excluding carboxylic acids is 1. The quantitative estimate of drug-likeness (QED) is 0.509. The van der Waals surface area contributed by atoms with Crippen molar-refractivity contribution in [3.63, 3.8) is 0 Å². The molecular formula is C20H18BrClN2O2S. The maximum atomic E-state index is 12.6. The Morgan fingerprint density at radius 2 is 2.00 bits per heavy atom. The second kappa shape index (κ2) is 8.42. The zero-order valence-electron chi connectivity index (χ0n) is 14.8. The molecule has 1 atom stereocenters. The Morgan fingerprint density at radius 3 is 2.63 bits per heavy atom. The number of benzene rings is 2. The van der Waals surface area contributed by atoms with E-state index >= 15 is 0 Å². The zero-order valence-corrected chi connectivity index (χ0v) is 18.0. The standard InChI is InChI=1S/C20H18BrClN2O2S/c1-12-17(19(25)26-2)18(14-4-3-5-15(21)10-14)23-20(27)24(12)11-13-6-8-16(22)9-7-13/h3-10,18H,11H2,1-2H3,(H,23,27). The number of ether oxygens (including phenoxy) is 1. The Morgan fingerprint density at radius 1 is 1.30 bits per heavy atom. The molecule has 4 nitrogen and oxygen atoms in total. The van der Waals surface area contributed by atoms with E-state index in [-0.39, 0.29) is 12.0 Å². The van der Waals surface area contributed by atoms with Gasteiger partial charge in [-0.1, -0.05) is 51.8 Å². The molecule has 2 aromatic carbocycles. The van der Waals surface area contributed by atoms with E-state index in [1.807, 2.05) is 60.4 Å². The number of nitrogens with zero attached hydrogens (tertiary/aromatic N) is 1. The second-order valence-corrected chi connectivity index (χ2v) is 7.88. The average Bonchev–Trinajstić information content (AvgIpc) is 2.65. The lowest BCUT2D eigenvalue weighted by Crippen LogP contribution is -2.47. The van der Waals surface area contributed by atoms with E-state index in [1.54, 1.807) is 0 Å². The molecular weight excluding hydrogens is 448 g/mol. The van der Waals surface area contributed by atoms with Gasteiger partial charge in [-0.3, -0.25) is 0 Å². The first-order chi connectivity index (χ1) is 12.9. The number of esters is 1. The van der Waals surface area contributed by atoms with E-state index < -0.39 is 0 Å². The Hall–Kier alpha value is -1.89. The lowest BCUT2D eigenvalue weighted by molar-refractivity contribution is -0.136. The molecule has 0 saturated heterocycles. The molecule has 0 aromatic heterocycles. The van der Waals surface area contributed by atoms with Crippen LogP contribution in [-0.4, -0.2) is 23.1 Å². The number of thiocarbonyl (C=S) groups is 1. The number of hydrogen-bond acceptors (Lipinski definition) is 3. The summed E-state index contributed by atoms with van der Waals surface area (Å²) < 4.78 is 5.98. The number of hydrogen-bond donors (Lipinski definition) is 1. The molecule has 7 heteroatoms. The van der Waals surface area contributed by atoms with Gasteiger partial charge in [0.2, 0.25) is 0 Å². The van der Waals surface area contributed by atoms with Crippen molar-refractivity contribution < 1.29 is 9.53 Å². The van der Waals surface area contributed by atoms with Crippen molar-refractivity contribution in [3.8, 4) is 0 Å². The molecule has 0 spiro atoms. The van der Waals surface area contributed by atoms with Gasteiger partial charge in [0.25, 0.3) is 0 Å². The molecule has 1 aliphatic rings. The first kappa shape index (κ1) is 19.9. The predicted molar refractivity (Wildman–Crippen MR) is 114 cm³/mol. The van der Waals surface area contributed by atoms with E-state index in [0.29, 0.717) is 22.3 Å². The van der Waals surface area contributed by atoms with Gasteiger partial charge in [-0.15, -0.1) is 0 Å². The predicted octanol–water partition coefficient (Wildman–Crippen LogP) is 4.98. The summed E-state index contributed by atoms with van der Waals surface area (Å²) in [7, 11) is 1.39. The highest BCUT2D eigenvalue weighted by Crippen LogP contribution is 2.33. The van der Waals surface area contributed by atoms with Crippen molar-refractivity contribution in [1.29, 1.82) is 0 Å². The summed E-state index contributed by atoms with van der Waals surface area (Å²) in [5, 5.41) is 4.52. The van der Waals surface area contributed by atoms with Gasteiger partial charge in [0, 0.05) is 21.7 Å². The highest BCUT2D eigenvalue weighted by Gasteiger charge is 2.34. The topological polar surface area (TPSA) is 41.6 Å². The van der Waals surface area contributed by atoms with Crippen molar-refractivity contribution in [3.05, 3.63) is 80.4 Å². The molecule has 0 saturated carbocycles. The van der Waals surface area contributed by atoms with Crippen molar-refractivity contribution in [2.75, 3.05) is 7.11 Å². The van der Waals surface area contributed by atoms with Gasteiger partial charge in [-0.05, 0) is 54.5 Å². The lowest BCUT2D eigenvalue weighted by atomic mass is 9.95. The van der Waals surface area contributed by atoms with Crippen LogP contribution in [0.1, 0.15) is 24.1 Å². The molecule has 0 bridgehead atoms. The maximum absolute atomic E-state index is 12.6. The van der Waals surface area contributed by atoms with Gasteiger partial charge in [-0.25, -0.2) is 4.79 Å². The number of methoxy groups -OCH3 is 1. The largest absolute Gasteiger partial charge is 0.466 e. The van der Waals surface area contributed by atoms with Gasteiger partial charge < -0.3 is 15.0 Å². The molecule has 140 valence electrons. The molecule has 0 amide bonds. The highest BCUT2D eigenvalue weighted by molar-refractivity contribution is 9.10. The van der Waals surface area contributed by atoms with Gasteiger partial charge in [-0.2, -0.15) is 0 Å². The van der Waals surface area contributed by atoms with Crippen molar-refractivity contribution >= 4 is 50.8 Å². The van der Waals surface area contributed by atoms with E-state index in [1.165, 1.54) is 7.11 Å². The molecule has 0 fully saturated rings. The Kier molecular flexibility index (Phi) is 6.19. The average molecular weight is 466 g/mol. The van der Waals surface area contributed by atoms with Gasteiger partial charge in [0.1, 0.15) is 0 Å². The lowest BCUT2D eigenvalue weighted by Gasteiger charge is -2.37. The molecule has 27 heavy (non-hydrogen) atoms. The highest BCUT2D eigenvalue weighted by atomic mass is 79.9. The van der Waals surface area contributed by atoms with Crippen LogP contribution >= 0.6 is 39.7 Å². The summed E-state index contributed by atoms with van der Waals surface area (Å²) in [6.07, 6.45) is 0. The summed E-state index contributed by atoms with van der Waals surface area (Å²) in [5.41, 5.74) is 3.27. The fourth-order valence-electron chi connectivity index (χ4n) is 3.05. The summed E-state index contributed by atoms with van der Waals surface area (Å²) >= 11 is 15.1. The minimum absolute atomic E-state index is 0.371. The first-order valence-corrected chi connectivity index (χ1v) is 9.85. The third-order valence-corrected chi connectivity index (χ3v) is 5.52. The van der Waals surface area contributed by atoms with Crippen molar-refractivity contribution in [1.82, 2.24) is 10.2 Å². The third kappa shape index (κ3) is 4.34. The van der Waals surface area contributed by atoms with Crippen molar-refractivity contribution in [2.45, 2.75) is 19.5 Å². The van der Waals surface area contributed by atoms with Crippen LogP contribution in [0.2, 0.25) is 5.02 Å². The van der Waals surface area contributed by atoms with Gasteiger partial charge >= 0.3 is 5.97 Å². The molecule has 1 heterocycles. The molecule has 0 aliphatic carbocycles. The summed E-state index contributed by atoms with van der Waals surface area (Å²) in [4.78, 5) is 14.5. The minimum Gasteiger partial charge on any atom is -0.466 e. The minimum atomic E-state index is -0.381. The number of nitrogens with one attached hydrogen (secondary N) is 1. The normalized spacial score (nSPS) is 17.0. The molecule has 3 rings (SSSR count). The molecule has 1 aliphatic heterocycles. The van der Waals surface area contributed by atoms with E-state index in [0.717, 1.165) is 21.3 Å². The summed E-state index contributed by atoms with van der Waals surface area (Å²) in [6.45, 7) is 2.42. The second-order valence-electron chi connectivity index (χ2n) is 6.14. The van der Waals surface area contributed by atoms with E-state index in [9.17, 15) is 4.79 Å². The zero-order chi connectivity index (χ0) is 19.6. The van der Waals surface area contributed by atoms with Crippen LogP contribution in [0.3, 0.4) is 0 Å². The van der Waals surface area contributed by atoms with Crippen LogP contribution in [0.25, 0.3) is 0 Å². The molecule has 0 radical (unpaired) electrons. The monoisotopic (exact) mass is 464 g/mol. The SMILES string of the molecule is COC(=O)C1=C(C)N(Cc2ccc(Cl)cc2)C(=S)NC1c1cccc(Br)c1. The Balaban J connectivity index is 2.02. The van der Waals surface area contributed by atoms with Crippen LogP contribution in [0, 0.1) is 0 Å². The maximum Gasteiger partial charge on any atom is 0.337 e. The Bertz CT molecular complexity index is 914. The van der Waals surface area contributed by atoms with E-state index in [2.05, 4.69) is 21.2 Å².